The number of nitrogens with one attached hydrogen (secondary N) is 1. The van der Waals surface area contributed by atoms with E-state index in [1.807, 2.05) is 0 Å². The summed E-state index contributed by atoms with van der Waals surface area (Å²) in [6.45, 7) is 14.4. The van der Waals surface area contributed by atoms with Gasteiger partial charge in [-0.2, -0.15) is 0 Å². The fourth-order valence-corrected chi connectivity index (χ4v) is 2.19. The second-order valence-electron chi connectivity index (χ2n) is 6.29. The van der Waals surface area contributed by atoms with E-state index in [0.717, 1.165) is 19.4 Å². The van der Waals surface area contributed by atoms with Crippen LogP contribution in [0.25, 0.3) is 0 Å². The molecule has 0 radical (unpaired) electrons. The van der Waals surface area contributed by atoms with Crippen LogP contribution < -0.4 is 5.32 Å². The van der Waals surface area contributed by atoms with Gasteiger partial charge in [0.05, 0.1) is 6.10 Å². The van der Waals surface area contributed by atoms with Gasteiger partial charge in [-0.15, -0.1) is 0 Å². The van der Waals surface area contributed by atoms with Crippen LogP contribution in [0, 0.1) is 11.3 Å². The first-order chi connectivity index (χ1) is 7.81. The zero-order chi connectivity index (χ0) is 13.5. The summed E-state index contributed by atoms with van der Waals surface area (Å²) in [5.74, 6) is 0.628. The van der Waals surface area contributed by atoms with E-state index >= 15 is 0 Å². The topological polar surface area (TPSA) is 32.3 Å². The van der Waals surface area contributed by atoms with Crippen LogP contribution in [0.1, 0.15) is 67.2 Å². The molecular formula is C15H33NO. The smallest absolute Gasteiger partial charge is 0.0543 e. The molecule has 104 valence electrons. The van der Waals surface area contributed by atoms with E-state index in [4.69, 9.17) is 0 Å². The third-order valence-corrected chi connectivity index (χ3v) is 4.04. The van der Waals surface area contributed by atoms with Crippen molar-refractivity contribution in [1.82, 2.24) is 5.32 Å². The Labute approximate surface area is 108 Å². The van der Waals surface area contributed by atoms with Crippen LogP contribution >= 0.6 is 0 Å². The molecule has 0 aliphatic carbocycles. The Balaban J connectivity index is 4.13. The van der Waals surface area contributed by atoms with Gasteiger partial charge >= 0.3 is 0 Å². The average molecular weight is 243 g/mol. The molecule has 2 heteroatoms. The molecule has 0 aliphatic rings. The lowest BCUT2D eigenvalue weighted by molar-refractivity contribution is 0.0670. The van der Waals surface area contributed by atoms with E-state index in [2.05, 4.69) is 46.9 Å². The fraction of sp³-hybridized carbons (Fsp3) is 1.00. The van der Waals surface area contributed by atoms with Gasteiger partial charge in [-0.25, -0.2) is 0 Å². The maximum absolute atomic E-state index is 9.87. The zero-order valence-electron chi connectivity index (χ0n) is 12.7. The first kappa shape index (κ1) is 16.9. The van der Waals surface area contributed by atoms with Crippen LogP contribution in [-0.4, -0.2) is 23.8 Å². The first-order valence-electron chi connectivity index (χ1n) is 7.23. The van der Waals surface area contributed by atoms with Gasteiger partial charge in [0, 0.05) is 6.04 Å². The Bertz CT molecular complexity index is 191. The molecule has 0 rings (SSSR count). The molecule has 0 aromatic heterocycles. The van der Waals surface area contributed by atoms with Gasteiger partial charge in [-0.05, 0) is 43.6 Å². The van der Waals surface area contributed by atoms with Gasteiger partial charge in [0.1, 0.15) is 0 Å². The highest BCUT2D eigenvalue weighted by Gasteiger charge is 2.29. The molecule has 0 aromatic carbocycles. The number of aliphatic hydroxyl groups is 1. The van der Waals surface area contributed by atoms with Crippen molar-refractivity contribution in [2.45, 2.75) is 79.4 Å². The number of hydrogen-bond acceptors (Lipinski definition) is 2. The summed E-state index contributed by atoms with van der Waals surface area (Å²) in [6, 6.07) is 0.571. The Morgan fingerprint density at radius 1 is 1.18 bits per heavy atom. The molecule has 0 unspecified atom stereocenters. The van der Waals surface area contributed by atoms with Crippen LogP contribution in [0.2, 0.25) is 0 Å². The van der Waals surface area contributed by atoms with Crippen LogP contribution in [-0.2, 0) is 0 Å². The van der Waals surface area contributed by atoms with E-state index in [1.165, 1.54) is 12.8 Å². The molecule has 0 saturated carbocycles. The van der Waals surface area contributed by atoms with E-state index in [9.17, 15) is 5.11 Å². The first-order valence-corrected chi connectivity index (χ1v) is 7.23. The second-order valence-corrected chi connectivity index (χ2v) is 6.29. The summed E-state index contributed by atoms with van der Waals surface area (Å²) < 4.78 is 0. The molecule has 2 N–H and O–H groups in total. The lowest BCUT2D eigenvalue weighted by Crippen LogP contribution is -2.31. The maximum atomic E-state index is 9.87. The molecule has 0 fully saturated rings. The van der Waals surface area contributed by atoms with Gasteiger partial charge in [-0.3, -0.25) is 0 Å². The van der Waals surface area contributed by atoms with Gasteiger partial charge in [0.25, 0.3) is 0 Å². The highest BCUT2D eigenvalue weighted by Crippen LogP contribution is 2.37. The van der Waals surface area contributed by atoms with Crippen molar-refractivity contribution in [3.05, 3.63) is 0 Å². The molecule has 2 atom stereocenters. The van der Waals surface area contributed by atoms with E-state index in [0.29, 0.717) is 12.0 Å². The molecule has 0 heterocycles. The molecular weight excluding hydrogens is 210 g/mol. The van der Waals surface area contributed by atoms with Gasteiger partial charge < -0.3 is 10.4 Å². The summed E-state index contributed by atoms with van der Waals surface area (Å²) >= 11 is 0. The molecule has 0 bridgehead atoms. The van der Waals surface area contributed by atoms with Crippen molar-refractivity contribution in [2.75, 3.05) is 6.54 Å². The van der Waals surface area contributed by atoms with Gasteiger partial charge in [0.2, 0.25) is 0 Å². The summed E-state index contributed by atoms with van der Waals surface area (Å²) in [7, 11) is 0. The fourth-order valence-electron chi connectivity index (χ4n) is 2.19. The standard InChI is InChI=1S/C15H33NO/c1-7-14(17)11-15(6,12(2)3)9-8-10-16-13(4)5/h12-14,16-17H,7-11H2,1-6H3/t14-,15+/m0/s1. The third kappa shape index (κ3) is 7.05. The predicted octanol–water partition coefficient (Wildman–Crippen LogP) is 3.59. The Hall–Kier alpha value is -0.0800. The predicted molar refractivity (Wildman–Crippen MR) is 76.2 cm³/mol. The minimum atomic E-state index is -0.138. The SMILES string of the molecule is CC[C@H](O)C[C@@](C)(CCCNC(C)C)C(C)C. The molecule has 0 aromatic rings. The molecule has 0 amide bonds. The summed E-state index contributed by atoms with van der Waals surface area (Å²) in [5, 5.41) is 13.3. The van der Waals surface area contributed by atoms with Crippen molar-refractivity contribution in [3.63, 3.8) is 0 Å². The molecule has 0 aliphatic heterocycles. The van der Waals surface area contributed by atoms with Gasteiger partial charge in [-0.1, -0.05) is 41.5 Å². The summed E-state index contributed by atoms with van der Waals surface area (Å²) in [4.78, 5) is 0. The Kier molecular flexibility index (Phi) is 8.06. The van der Waals surface area contributed by atoms with Crippen molar-refractivity contribution in [2.24, 2.45) is 11.3 Å². The lowest BCUT2D eigenvalue weighted by atomic mass is 9.71. The Morgan fingerprint density at radius 3 is 2.18 bits per heavy atom. The van der Waals surface area contributed by atoms with E-state index in [-0.39, 0.29) is 11.5 Å². The van der Waals surface area contributed by atoms with E-state index < -0.39 is 0 Å². The van der Waals surface area contributed by atoms with Crippen molar-refractivity contribution < 1.29 is 5.11 Å². The van der Waals surface area contributed by atoms with Crippen LogP contribution in [0.5, 0.6) is 0 Å². The van der Waals surface area contributed by atoms with Crippen molar-refractivity contribution in [3.8, 4) is 0 Å². The quantitative estimate of drug-likeness (QED) is 0.607. The molecule has 0 spiro atoms. The molecule has 0 saturated heterocycles. The normalized spacial score (nSPS) is 17.5. The maximum Gasteiger partial charge on any atom is 0.0543 e. The monoisotopic (exact) mass is 243 g/mol. The van der Waals surface area contributed by atoms with Gasteiger partial charge in [0.15, 0.2) is 0 Å². The Morgan fingerprint density at radius 2 is 1.76 bits per heavy atom. The highest BCUT2D eigenvalue weighted by atomic mass is 16.3. The zero-order valence-corrected chi connectivity index (χ0v) is 12.7. The van der Waals surface area contributed by atoms with E-state index in [1.54, 1.807) is 0 Å². The van der Waals surface area contributed by atoms with Crippen LogP contribution in [0.3, 0.4) is 0 Å². The minimum absolute atomic E-state index is 0.138. The molecule has 17 heavy (non-hydrogen) atoms. The minimum Gasteiger partial charge on any atom is -0.393 e. The van der Waals surface area contributed by atoms with Crippen molar-refractivity contribution >= 4 is 0 Å². The summed E-state index contributed by atoms with van der Waals surface area (Å²) in [6.07, 6.45) is 4.06. The van der Waals surface area contributed by atoms with Crippen LogP contribution in [0.15, 0.2) is 0 Å². The number of hydrogen-bond donors (Lipinski definition) is 2. The second kappa shape index (κ2) is 8.10. The number of rotatable bonds is 9. The largest absolute Gasteiger partial charge is 0.393 e. The average Bonchev–Trinajstić information content (AvgIpc) is 2.23. The third-order valence-electron chi connectivity index (χ3n) is 4.04. The lowest BCUT2D eigenvalue weighted by Gasteiger charge is -2.36. The van der Waals surface area contributed by atoms with Crippen LogP contribution in [0.4, 0.5) is 0 Å². The molecule has 2 nitrogen and oxygen atoms in total. The highest BCUT2D eigenvalue weighted by molar-refractivity contribution is 4.81. The van der Waals surface area contributed by atoms with Crippen molar-refractivity contribution in [1.29, 1.82) is 0 Å². The number of aliphatic hydroxyl groups excluding tert-OH is 1. The summed E-state index contributed by atoms with van der Waals surface area (Å²) in [5.41, 5.74) is 0.272.